The van der Waals surface area contributed by atoms with Crippen LogP contribution in [0, 0.1) is 0 Å². The number of rotatable bonds is 1. The normalized spacial score (nSPS) is 24.3. The van der Waals surface area contributed by atoms with Crippen LogP contribution in [0.1, 0.15) is 0 Å². The standard InChI is InChI=1S/C6H9Cl2N3/c1-10(2)11-5(7)3-4-9-6(11)8/h3-4,6H,1-2H3. The Kier molecular flexibility index (Phi) is 2.76. The van der Waals surface area contributed by atoms with Crippen LogP contribution in [-0.4, -0.2) is 36.0 Å². The maximum atomic E-state index is 5.84. The summed E-state index contributed by atoms with van der Waals surface area (Å²) in [5.41, 5.74) is -0.428. The van der Waals surface area contributed by atoms with E-state index < -0.39 is 5.62 Å². The van der Waals surface area contributed by atoms with Crippen LogP contribution in [-0.2, 0) is 0 Å². The van der Waals surface area contributed by atoms with Gasteiger partial charge in [0.05, 0.1) is 0 Å². The van der Waals surface area contributed by atoms with Gasteiger partial charge in [-0.3, -0.25) is 10.0 Å². The lowest BCUT2D eigenvalue weighted by atomic mass is 10.6. The Labute approximate surface area is 75.9 Å². The molecule has 1 unspecified atom stereocenters. The van der Waals surface area contributed by atoms with Gasteiger partial charge in [0.25, 0.3) is 0 Å². The number of halogens is 2. The molecule has 0 spiro atoms. The number of alkyl halides is 1. The Balaban J connectivity index is 2.78. The molecule has 0 N–H and O–H groups in total. The lowest BCUT2D eigenvalue weighted by Crippen LogP contribution is -2.40. The van der Waals surface area contributed by atoms with Crippen LogP contribution in [0.5, 0.6) is 0 Å². The number of aliphatic imine (C=N–C) groups is 1. The molecule has 0 saturated carbocycles. The maximum Gasteiger partial charge on any atom is 0.211 e. The highest BCUT2D eigenvalue weighted by atomic mass is 35.5. The van der Waals surface area contributed by atoms with E-state index in [2.05, 4.69) is 4.99 Å². The van der Waals surface area contributed by atoms with Crippen molar-refractivity contribution in [3.8, 4) is 0 Å². The number of hydrogen-bond donors (Lipinski definition) is 0. The first kappa shape index (κ1) is 8.84. The third-order valence-electron chi connectivity index (χ3n) is 1.27. The Morgan fingerprint density at radius 3 is 2.64 bits per heavy atom. The first-order valence-electron chi connectivity index (χ1n) is 3.12. The summed E-state index contributed by atoms with van der Waals surface area (Å²) < 4.78 is 0. The molecule has 5 heteroatoms. The summed E-state index contributed by atoms with van der Waals surface area (Å²) in [7, 11) is 3.71. The Morgan fingerprint density at radius 1 is 1.64 bits per heavy atom. The van der Waals surface area contributed by atoms with E-state index >= 15 is 0 Å². The fraction of sp³-hybridized carbons (Fsp3) is 0.500. The minimum Gasteiger partial charge on any atom is -0.257 e. The number of nitrogens with zero attached hydrogens (tertiary/aromatic N) is 3. The summed E-state index contributed by atoms with van der Waals surface area (Å²) in [6.45, 7) is 0. The minimum atomic E-state index is -0.428. The van der Waals surface area contributed by atoms with E-state index in [0.717, 1.165) is 0 Å². The zero-order valence-electron chi connectivity index (χ0n) is 6.33. The smallest absolute Gasteiger partial charge is 0.211 e. The SMILES string of the molecule is CN(C)N1C(Cl)=CC=NC1Cl. The van der Waals surface area contributed by atoms with Gasteiger partial charge in [0.15, 0.2) is 0 Å². The van der Waals surface area contributed by atoms with Gasteiger partial charge in [-0.2, -0.15) is 0 Å². The van der Waals surface area contributed by atoms with Crippen molar-refractivity contribution in [2.75, 3.05) is 14.1 Å². The average molecular weight is 194 g/mol. The molecular weight excluding hydrogens is 185 g/mol. The number of allylic oxidation sites excluding steroid dienone is 1. The minimum absolute atomic E-state index is 0.428. The molecule has 0 fully saturated rings. The van der Waals surface area contributed by atoms with Gasteiger partial charge in [-0.05, 0) is 6.08 Å². The van der Waals surface area contributed by atoms with E-state index in [9.17, 15) is 0 Å². The van der Waals surface area contributed by atoms with Crippen molar-refractivity contribution in [2.45, 2.75) is 5.62 Å². The molecule has 62 valence electrons. The highest BCUT2D eigenvalue weighted by Crippen LogP contribution is 2.20. The zero-order valence-corrected chi connectivity index (χ0v) is 7.84. The van der Waals surface area contributed by atoms with Gasteiger partial charge >= 0.3 is 0 Å². The second-order valence-corrected chi connectivity index (χ2v) is 3.07. The molecule has 0 aromatic carbocycles. The molecule has 1 rings (SSSR count). The van der Waals surface area contributed by atoms with E-state index in [4.69, 9.17) is 23.2 Å². The summed E-state index contributed by atoms with van der Waals surface area (Å²) >= 11 is 11.7. The Hall–Kier alpha value is -0.250. The topological polar surface area (TPSA) is 18.8 Å². The van der Waals surface area contributed by atoms with Crippen molar-refractivity contribution >= 4 is 29.4 Å². The lowest BCUT2D eigenvalue weighted by Gasteiger charge is -2.33. The van der Waals surface area contributed by atoms with Gasteiger partial charge in [-0.15, -0.1) is 0 Å². The van der Waals surface area contributed by atoms with Crippen molar-refractivity contribution in [1.82, 2.24) is 10.0 Å². The van der Waals surface area contributed by atoms with Crippen molar-refractivity contribution in [3.63, 3.8) is 0 Å². The first-order valence-corrected chi connectivity index (χ1v) is 3.94. The van der Waals surface area contributed by atoms with E-state index in [1.807, 2.05) is 14.1 Å². The first-order chi connectivity index (χ1) is 5.13. The molecule has 11 heavy (non-hydrogen) atoms. The molecule has 0 aromatic rings. The molecule has 0 radical (unpaired) electrons. The molecule has 1 atom stereocenters. The summed E-state index contributed by atoms with van der Waals surface area (Å²) in [6.07, 6.45) is 3.29. The summed E-state index contributed by atoms with van der Waals surface area (Å²) in [4.78, 5) is 3.95. The van der Waals surface area contributed by atoms with Crippen molar-refractivity contribution in [3.05, 3.63) is 11.2 Å². The van der Waals surface area contributed by atoms with E-state index in [1.54, 1.807) is 22.3 Å². The van der Waals surface area contributed by atoms with Crippen LogP contribution in [0.3, 0.4) is 0 Å². The van der Waals surface area contributed by atoms with Crippen LogP contribution in [0.25, 0.3) is 0 Å². The lowest BCUT2D eigenvalue weighted by molar-refractivity contribution is 0.0624. The molecule has 0 aromatic heterocycles. The van der Waals surface area contributed by atoms with E-state index in [-0.39, 0.29) is 0 Å². The van der Waals surface area contributed by atoms with Crippen LogP contribution in [0.2, 0.25) is 0 Å². The molecule has 0 bridgehead atoms. The molecular formula is C6H9Cl2N3. The second kappa shape index (κ2) is 3.43. The third kappa shape index (κ3) is 1.86. The van der Waals surface area contributed by atoms with Crippen LogP contribution >= 0.6 is 23.2 Å². The van der Waals surface area contributed by atoms with Crippen molar-refractivity contribution < 1.29 is 0 Å². The monoisotopic (exact) mass is 193 g/mol. The maximum absolute atomic E-state index is 5.84. The molecule has 0 amide bonds. The van der Waals surface area contributed by atoms with Crippen LogP contribution in [0.4, 0.5) is 0 Å². The third-order valence-corrected chi connectivity index (χ3v) is 1.87. The molecule has 0 aliphatic carbocycles. The van der Waals surface area contributed by atoms with Gasteiger partial charge in [-0.25, -0.2) is 5.01 Å². The highest BCUT2D eigenvalue weighted by molar-refractivity contribution is 6.31. The Bertz CT molecular complexity index is 200. The van der Waals surface area contributed by atoms with Crippen molar-refractivity contribution in [2.24, 2.45) is 4.99 Å². The van der Waals surface area contributed by atoms with Crippen LogP contribution < -0.4 is 0 Å². The van der Waals surface area contributed by atoms with E-state index in [0.29, 0.717) is 5.16 Å². The summed E-state index contributed by atoms with van der Waals surface area (Å²) in [5.74, 6) is 0. The fourth-order valence-electron chi connectivity index (χ4n) is 0.798. The molecule has 0 saturated heterocycles. The molecule has 1 aliphatic rings. The fourth-order valence-corrected chi connectivity index (χ4v) is 1.49. The summed E-state index contributed by atoms with van der Waals surface area (Å²) in [5, 5.41) is 4.03. The molecule has 1 heterocycles. The van der Waals surface area contributed by atoms with Gasteiger partial charge < -0.3 is 0 Å². The molecule has 3 nitrogen and oxygen atoms in total. The van der Waals surface area contributed by atoms with Gasteiger partial charge in [0.2, 0.25) is 5.62 Å². The van der Waals surface area contributed by atoms with Crippen LogP contribution in [0.15, 0.2) is 16.2 Å². The molecule has 1 aliphatic heterocycles. The van der Waals surface area contributed by atoms with Gasteiger partial charge in [0.1, 0.15) is 5.16 Å². The summed E-state index contributed by atoms with van der Waals surface area (Å²) in [6, 6.07) is 0. The van der Waals surface area contributed by atoms with Gasteiger partial charge in [0, 0.05) is 20.3 Å². The average Bonchev–Trinajstić information content (AvgIpc) is 1.85. The predicted molar refractivity (Wildman–Crippen MR) is 47.6 cm³/mol. The highest BCUT2D eigenvalue weighted by Gasteiger charge is 2.20. The quantitative estimate of drug-likeness (QED) is 0.464. The Morgan fingerprint density at radius 2 is 2.27 bits per heavy atom. The predicted octanol–water partition coefficient (Wildman–Crippen LogP) is 1.45. The van der Waals surface area contributed by atoms with Gasteiger partial charge in [-0.1, -0.05) is 23.2 Å². The number of hydrazine groups is 1. The van der Waals surface area contributed by atoms with Crippen molar-refractivity contribution in [1.29, 1.82) is 0 Å². The van der Waals surface area contributed by atoms with E-state index in [1.165, 1.54) is 0 Å². The number of hydrogen-bond acceptors (Lipinski definition) is 3. The zero-order chi connectivity index (χ0) is 8.43. The second-order valence-electron chi connectivity index (χ2n) is 2.29. The largest absolute Gasteiger partial charge is 0.257 e.